The van der Waals surface area contributed by atoms with E-state index < -0.39 is 6.10 Å². The molecule has 29 heavy (non-hydrogen) atoms. The first kappa shape index (κ1) is 19.3. The topological polar surface area (TPSA) is 70.7 Å². The van der Waals surface area contributed by atoms with Crippen LogP contribution in [-0.4, -0.2) is 37.6 Å². The zero-order valence-electron chi connectivity index (χ0n) is 16.7. The second kappa shape index (κ2) is 8.55. The van der Waals surface area contributed by atoms with Gasteiger partial charge < -0.3 is 20.3 Å². The summed E-state index contributed by atoms with van der Waals surface area (Å²) in [7, 11) is 0. The van der Waals surface area contributed by atoms with Crippen LogP contribution < -0.4 is 20.3 Å². The predicted molar refractivity (Wildman–Crippen MR) is 113 cm³/mol. The van der Waals surface area contributed by atoms with Crippen molar-refractivity contribution in [2.75, 3.05) is 29.9 Å². The van der Waals surface area contributed by atoms with E-state index in [4.69, 9.17) is 4.74 Å². The lowest BCUT2D eigenvalue weighted by molar-refractivity contribution is -0.128. The van der Waals surface area contributed by atoms with Crippen LogP contribution in [0.4, 0.5) is 11.4 Å². The van der Waals surface area contributed by atoms with E-state index in [0.717, 1.165) is 30.6 Å². The van der Waals surface area contributed by atoms with E-state index in [9.17, 15) is 9.59 Å². The Labute approximate surface area is 171 Å². The number of hydrogen-bond acceptors (Lipinski definition) is 4. The number of carbonyl (C=O) groups excluding carboxylic acids is 2. The zero-order valence-corrected chi connectivity index (χ0v) is 16.7. The van der Waals surface area contributed by atoms with Gasteiger partial charge in [-0.25, -0.2) is 0 Å². The summed E-state index contributed by atoms with van der Waals surface area (Å²) in [5, 5.41) is 5.89. The van der Waals surface area contributed by atoms with Gasteiger partial charge in [-0.2, -0.15) is 0 Å². The SMILES string of the molecule is CCCNC(=O)[C@H]1CN(CC(=O)Nc2ccc3c(c2)CCC3)c2ccccc2O1. The molecule has 2 aromatic rings. The van der Waals surface area contributed by atoms with Crippen molar-refractivity contribution in [2.45, 2.75) is 38.7 Å². The minimum atomic E-state index is -0.635. The molecule has 6 nitrogen and oxygen atoms in total. The Morgan fingerprint density at radius 3 is 2.83 bits per heavy atom. The molecule has 0 aromatic heterocycles. The molecule has 1 atom stereocenters. The third-order valence-corrected chi connectivity index (χ3v) is 5.42. The van der Waals surface area contributed by atoms with Gasteiger partial charge in [0, 0.05) is 12.2 Å². The molecule has 0 bridgehead atoms. The lowest BCUT2D eigenvalue weighted by atomic mass is 10.1. The molecule has 0 unspecified atom stereocenters. The summed E-state index contributed by atoms with van der Waals surface area (Å²) < 4.78 is 5.89. The summed E-state index contributed by atoms with van der Waals surface area (Å²) in [5.74, 6) is 0.374. The Hall–Kier alpha value is -3.02. The maximum Gasteiger partial charge on any atom is 0.262 e. The number of fused-ring (bicyclic) bond motifs is 2. The van der Waals surface area contributed by atoms with Crippen LogP contribution in [0.2, 0.25) is 0 Å². The van der Waals surface area contributed by atoms with Crippen LogP contribution in [0.3, 0.4) is 0 Å². The Bertz CT molecular complexity index is 912. The van der Waals surface area contributed by atoms with E-state index in [-0.39, 0.29) is 18.4 Å². The van der Waals surface area contributed by atoms with Crippen molar-refractivity contribution < 1.29 is 14.3 Å². The van der Waals surface area contributed by atoms with E-state index in [0.29, 0.717) is 18.8 Å². The molecule has 0 radical (unpaired) electrons. The van der Waals surface area contributed by atoms with Crippen LogP contribution in [0.1, 0.15) is 30.9 Å². The second-order valence-corrected chi connectivity index (χ2v) is 7.63. The Balaban J connectivity index is 1.46. The van der Waals surface area contributed by atoms with Gasteiger partial charge in [-0.3, -0.25) is 9.59 Å². The fourth-order valence-electron chi connectivity index (χ4n) is 3.98. The number of hydrogen-bond donors (Lipinski definition) is 2. The maximum absolute atomic E-state index is 12.7. The number of para-hydroxylation sites is 2. The highest BCUT2D eigenvalue weighted by Crippen LogP contribution is 2.33. The normalized spacial score (nSPS) is 17.1. The summed E-state index contributed by atoms with van der Waals surface area (Å²) in [4.78, 5) is 27.1. The van der Waals surface area contributed by atoms with Gasteiger partial charge in [-0.15, -0.1) is 0 Å². The minimum absolute atomic E-state index is 0.104. The molecule has 0 saturated carbocycles. The number of carbonyl (C=O) groups is 2. The Morgan fingerprint density at radius 2 is 1.97 bits per heavy atom. The molecule has 1 heterocycles. The summed E-state index contributed by atoms with van der Waals surface area (Å²) in [6, 6.07) is 13.7. The van der Waals surface area contributed by atoms with Crippen LogP contribution in [-0.2, 0) is 22.4 Å². The van der Waals surface area contributed by atoms with E-state index in [1.165, 1.54) is 17.5 Å². The molecule has 0 saturated heterocycles. The van der Waals surface area contributed by atoms with Crippen molar-refractivity contribution in [1.29, 1.82) is 0 Å². The number of benzene rings is 2. The van der Waals surface area contributed by atoms with Gasteiger partial charge in [0.05, 0.1) is 18.8 Å². The number of ether oxygens (including phenoxy) is 1. The van der Waals surface area contributed by atoms with Gasteiger partial charge in [0.2, 0.25) is 5.91 Å². The summed E-state index contributed by atoms with van der Waals surface area (Å²) >= 11 is 0. The van der Waals surface area contributed by atoms with E-state index in [1.807, 2.05) is 42.2 Å². The monoisotopic (exact) mass is 393 g/mol. The molecular weight excluding hydrogens is 366 g/mol. The third kappa shape index (κ3) is 4.36. The average molecular weight is 393 g/mol. The standard InChI is InChI=1S/C23H27N3O3/c1-2-12-24-23(28)21-14-26(19-8-3-4-9-20(19)29-21)15-22(27)25-18-11-10-16-6-5-7-17(16)13-18/h3-4,8-11,13,21H,2,5-7,12,14-15H2,1H3,(H,24,28)(H,25,27)/t21-/m1/s1. The van der Waals surface area contributed by atoms with Gasteiger partial charge in [-0.1, -0.05) is 25.1 Å². The van der Waals surface area contributed by atoms with Crippen molar-refractivity contribution in [2.24, 2.45) is 0 Å². The fourth-order valence-corrected chi connectivity index (χ4v) is 3.98. The highest BCUT2D eigenvalue weighted by molar-refractivity contribution is 5.95. The molecule has 0 fully saturated rings. The van der Waals surface area contributed by atoms with E-state index >= 15 is 0 Å². The number of aryl methyl sites for hydroxylation is 2. The zero-order chi connectivity index (χ0) is 20.2. The van der Waals surface area contributed by atoms with Crippen LogP contribution in [0.5, 0.6) is 5.75 Å². The minimum Gasteiger partial charge on any atom is -0.477 e. The van der Waals surface area contributed by atoms with Crippen LogP contribution >= 0.6 is 0 Å². The highest BCUT2D eigenvalue weighted by atomic mass is 16.5. The largest absolute Gasteiger partial charge is 0.477 e. The van der Waals surface area contributed by atoms with Crippen molar-refractivity contribution in [3.8, 4) is 5.75 Å². The first-order valence-corrected chi connectivity index (χ1v) is 10.3. The number of anilines is 2. The number of nitrogens with one attached hydrogen (secondary N) is 2. The molecule has 2 aliphatic rings. The molecule has 2 aromatic carbocycles. The van der Waals surface area contributed by atoms with Crippen molar-refractivity contribution in [3.63, 3.8) is 0 Å². The number of rotatable bonds is 6. The fraction of sp³-hybridized carbons (Fsp3) is 0.391. The molecule has 2 N–H and O–H groups in total. The summed E-state index contributed by atoms with van der Waals surface area (Å²) in [6.07, 6.45) is 3.60. The first-order valence-electron chi connectivity index (χ1n) is 10.3. The third-order valence-electron chi connectivity index (χ3n) is 5.42. The Morgan fingerprint density at radius 1 is 1.14 bits per heavy atom. The van der Waals surface area contributed by atoms with E-state index in [2.05, 4.69) is 22.8 Å². The highest BCUT2D eigenvalue weighted by Gasteiger charge is 2.31. The van der Waals surface area contributed by atoms with Gasteiger partial charge in [-0.05, 0) is 61.1 Å². The van der Waals surface area contributed by atoms with Gasteiger partial charge >= 0.3 is 0 Å². The molecule has 1 aliphatic carbocycles. The molecule has 4 rings (SSSR count). The molecule has 152 valence electrons. The molecular formula is C23H27N3O3. The smallest absolute Gasteiger partial charge is 0.262 e. The maximum atomic E-state index is 12.7. The molecule has 1 aliphatic heterocycles. The van der Waals surface area contributed by atoms with Crippen molar-refractivity contribution in [1.82, 2.24) is 5.32 Å². The van der Waals surface area contributed by atoms with Crippen LogP contribution in [0, 0.1) is 0 Å². The predicted octanol–water partition coefficient (Wildman–Crippen LogP) is 2.91. The lowest BCUT2D eigenvalue weighted by Crippen LogP contribution is -2.50. The first-order chi connectivity index (χ1) is 14.1. The van der Waals surface area contributed by atoms with Gasteiger partial charge in [0.15, 0.2) is 6.10 Å². The summed E-state index contributed by atoms with van der Waals surface area (Å²) in [5.41, 5.74) is 4.36. The van der Waals surface area contributed by atoms with Crippen molar-refractivity contribution >= 4 is 23.2 Å². The second-order valence-electron chi connectivity index (χ2n) is 7.63. The molecule has 0 spiro atoms. The Kier molecular flexibility index (Phi) is 5.69. The van der Waals surface area contributed by atoms with Crippen LogP contribution in [0.15, 0.2) is 42.5 Å². The van der Waals surface area contributed by atoms with Crippen LogP contribution in [0.25, 0.3) is 0 Å². The summed E-state index contributed by atoms with van der Waals surface area (Å²) in [6.45, 7) is 3.12. The number of nitrogens with zero attached hydrogens (tertiary/aromatic N) is 1. The molecule has 6 heteroatoms. The van der Waals surface area contributed by atoms with Gasteiger partial charge in [0.25, 0.3) is 5.91 Å². The quantitative estimate of drug-likeness (QED) is 0.792. The van der Waals surface area contributed by atoms with E-state index in [1.54, 1.807) is 0 Å². The lowest BCUT2D eigenvalue weighted by Gasteiger charge is -2.35. The number of amides is 2. The molecule has 2 amide bonds. The van der Waals surface area contributed by atoms with Gasteiger partial charge in [0.1, 0.15) is 5.75 Å². The average Bonchev–Trinajstić information content (AvgIpc) is 3.19. The van der Waals surface area contributed by atoms with Crippen molar-refractivity contribution in [3.05, 3.63) is 53.6 Å².